The Bertz CT molecular complexity index is 459. The lowest BCUT2D eigenvalue weighted by molar-refractivity contribution is -0.150. The van der Waals surface area contributed by atoms with Crippen LogP contribution in [0.4, 0.5) is 0 Å². The van der Waals surface area contributed by atoms with Crippen LogP contribution in [0.2, 0.25) is 0 Å². The molecular weight excluding hydrogens is 466 g/mol. The number of hydrogen-bond acceptors (Lipinski definition) is 3. The summed E-state index contributed by atoms with van der Waals surface area (Å²) in [6.45, 7) is 12.3. The number of ether oxygens (including phenoxy) is 1. The molecule has 0 heterocycles. The van der Waals surface area contributed by atoms with Crippen molar-refractivity contribution in [2.75, 3.05) is 19.6 Å². The topological polar surface area (TPSA) is 29.5 Å². The first-order chi connectivity index (χ1) is 18.7. The van der Waals surface area contributed by atoms with E-state index in [0.717, 1.165) is 32.5 Å². The molecule has 1 unspecified atom stereocenters. The second kappa shape index (κ2) is 31.0. The maximum absolute atomic E-state index is 12.7. The lowest BCUT2D eigenvalue weighted by atomic mass is 10.0. The average Bonchev–Trinajstić information content (AvgIpc) is 2.92. The number of hydrogen-bond donors (Lipinski definition) is 0. The van der Waals surface area contributed by atoms with Crippen LogP contribution < -0.4 is 0 Å². The molecule has 0 aliphatic rings. The van der Waals surface area contributed by atoms with E-state index < -0.39 is 0 Å². The molecule has 228 valence electrons. The van der Waals surface area contributed by atoms with E-state index >= 15 is 0 Å². The van der Waals surface area contributed by atoms with Gasteiger partial charge >= 0.3 is 5.97 Å². The molecule has 0 spiro atoms. The van der Waals surface area contributed by atoms with Crippen molar-refractivity contribution in [3.05, 3.63) is 0 Å². The van der Waals surface area contributed by atoms with Crippen LogP contribution in [0.3, 0.4) is 0 Å². The second-order valence-electron chi connectivity index (χ2n) is 12.0. The van der Waals surface area contributed by atoms with Crippen LogP contribution in [0.5, 0.6) is 0 Å². The van der Waals surface area contributed by atoms with E-state index in [1.165, 1.54) is 148 Å². The first-order valence-corrected chi connectivity index (χ1v) is 17.6. The van der Waals surface area contributed by atoms with Gasteiger partial charge in [0.15, 0.2) is 0 Å². The van der Waals surface area contributed by atoms with Gasteiger partial charge in [0.25, 0.3) is 0 Å². The Morgan fingerprint density at radius 2 is 0.868 bits per heavy atom. The van der Waals surface area contributed by atoms with Crippen molar-refractivity contribution in [1.82, 2.24) is 4.90 Å². The maximum atomic E-state index is 12.7. The van der Waals surface area contributed by atoms with Crippen LogP contribution in [0.15, 0.2) is 0 Å². The van der Waals surface area contributed by atoms with Gasteiger partial charge in [0.05, 0.1) is 0 Å². The number of carbonyl (C=O) groups is 1. The Morgan fingerprint density at radius 1 is 0.500 bits per heavy atom. The summed E-state index contributed by atoms with van der Waals surface area (Å²) in [5.74, 6) is 0.0481. The number of unbranched alkanes of at least 4 members (excludes halogenated alkanes) is 20. The van der Waals surface area contributed by atoms with Crippen molar-refractivity contribution >= 4 is 5.97 Å². The first kappa shape index (κ1) is 37.4. The van der Waals surface area contributed by atoms with Crippen LogP contribution in [0.1, 0.15) is 195 Å². The van der Waals surface area contributed by atoms with Gasteiger partial charge in [0.1, 0.15) is 6.10 Å². The predicted molar refractivity (Wildman–Crippen MR) is 169 cm³/mol. The summed E-state index contributed by atoms with van der Waals surface area (Å²) in [4.78, 5) is 15.3. The zero-order valence-electron chi connectivity index (χ0n) is 26.8. The molecule has 0 saturated carbocycles. The Morgan fingerprint density at radius 3 is 1.29 bits per heavy atom. The van der Waals surface area contributed by atoms with Crippen molar-refractivity contribution in [3.63, 3.8) is 0 Å². The number of rotatable bonds is 31. The van der Waals surface area contributed by atoms with E-state index in [-0.39, 0.29) is 12.1 Å². The Hall–Kier alpha value is -0.570. The minimum atomic E-state index is 0.0481. The summed E-state index contributed by atoms with van der Waals surface area (Å²) >= 11 is 0. The monoisotopic (exact) mass is 538 g/mol. The number of esters is 1. The highest BCUT2D eigenvalue weighted by Crippen LogP contribution is 2.16. The molecule has 0 amide bonds. The van der Waals surface area contributed by atoms with Gasteiger partial charge in [-0.3, -0.25) is 9.69 Å². The van der Waals surface area contributed by atoms with E-state index in [2.05, 4.69) is 32.6 Å². The fourth-order valence-corrected chi connectivity index (χ4v) is 5.39. The van der Waals surface area contributed by atoms with E-state index in [9.17, 15) is 4.79 Å². The van der Waals surface area contributed by atoms with Crippen LogP contribution in [0.25, 0.3) is 0 Å². The summed E-state index contributed by atoms with van der Waals surface area (Å²) in [7, 11) is 0. The molecule has 3 nitrogen and oxygen atoms in total. The van der Waals surface area contributed by atoms with Gasteiger partial charge in [-0.05, 0) is 45.2 Å². The summed E-state index contributed by atoms with van der Waals surface area (Å²) in [5, 5.41) is 0. The fourth-order valence-electron chi connectivity index (χ4n) is 5.39. The molecule has 0 aromatic rings. The summed E-state index contributed by atoms with van der Waals surface area (Å²) in [6.07, 6.45) is 33.2. The Kier molecular flexibility index (Phi) is 30.5. The third-order valence-electron chi connectivity index (χ3n) is 8.03. The van der Waals surface area contributed by atoms with Crippen molar-refractivity contribution in [2.45, 2.75) is 201 Å². The molecule has 38 heavy (non-hydrogen) atoms. The second-order valence-corrected chi connectivity index (χ2v) is 12.0. The normalized spacial score (nSPS) is 12.3. The molecule has 0 aliphatic heterocycles. The molecule has 0 aromatic heterocycles. The molecule has 0 rings (SSSR count). The van der Waals surface area contributed by atoms with Crippen molar-refractivity contribution in [1.29, 1.82) is 0 Å². The highest BCUT2D eigenvalue weighted by Gasteiger charge is 2.18. The third kappa shape index (κ3) is 27.0. The number of carbonyl (C=O) groups excluding carboxylic acids is 1. The molecule has 3 heteroatoms. The van der Waals surface area contributed by atoms with Gasteiger partial charge in [0.2, 0.25) is 0 Å². The molecular formula is C35H71NO2. The van der Waals surface area contributed by atoms with Gasteiger partial charge in [-0.1, -0.05) is 156 Å². The van der Waals surface area contributed by atoms with Gasteiger partial charge in [0, 0.05) is 13.0 Å². The Labute approximate surface area is 240 Å². The van der Waals surface area contributed by atoms with Gasteiger partial charge in [-0.2, -0.15) is 0 Å². The Balaban J connectivity index is 4.32. The van der Waals surface area contributed by atoms with Gasteiger partial charge in [-0.25, -0.2) is 0 Å². The standard InChI is InChI=1S/C35H71NO2/c1-5-9-13-15-17-19-20-22-23-25-27-29-34(33-36(31-11-7-3)32-12-8-4)38-35(37)30-28-26-24-21-18-16-14-10-6-2/h34H,5-33H2,1-4H3. The third-order valence-corrected chi connectivity index (χ3v) is 8.03. The van der Waals surface area contributed by atoms with Crippen molar-refractivity contribution < 1.29 is 9.53 Å². The van der Waals surface area contributed by atoms with E-state index in [0.29, 0.717) is 6.42 Å². The van der Waals surface area contributed by atoms with Gasteiger partial charge in [-0.15, -0.1) is 0 Å². The van der Waals surface area contributed by atoms with Crippen molar-refractivity contribution in [3.8, 4) is 0 Å². The molecule has 1 atom stereocenters. The smallest absolute Gasteiger partial charge is 0.306 e. The highest BCUT2D eigenvalue weighted by atomic mass is 16.5. The molecule has 0 N–H and O–H groups in total. The van der Waals surface area contributed by atoms with E-state index in [1.807, 2.05) is 0 Å². The van der Waals surface area contributed by atoms with Crippen LogP contribution in [-0.2, 0) is 9.53 Å². The quantitative estimate of drug-likeness (QED) is 0.0650. The zero-order valence-corrected chi connectivity index (χ0v) is 26.8. The average molecular weight is 538 g/mol. The van der Waals surface area contributed by atoms with Crippen molar-refractivity contribution in [2.24, 2.45) is 0 Å². The van der Waals surface area contributed by atoms with Crippen LogP contribution in [-0.4, -0.2) is 36.6 Å². The lowest BCUT2D eigenvalue weighted by Crippen LogP contribution is -2.36. The molecule has 0 radical (unpaired) electrons. The minimum absolute atomic E-state index is 0.0481. The maximum Gasteiger partial charge on any atom is 0.306 e. The summed E-state index contributed by atoms with van der Waals surface area (Å²) in [5.41, 5.74) is 0. The highest BCUT2D eigenvalue weighted by molar-refractivity contribution is 5.69. The number of nitrogens with zero attached hydrogens (tertiary/aromatic N) is 1. The van der Waals surface area contributed by atoms with Crippen LogP contribution in [0, 0.1) is 0 Å². The molecule has 0 saturated heterocycles. The van der Waals surface area contributed by atoms with E-state index in [4.69, 9.17) is 4.74 Å². The SMILES string of the molecule is CCCCCCCCCCCCCC(CN(CCCC)CCCC)OC(=O)CCCCCCCCCCC. The fraction of sp³-hybridized carbons (Fsp3) is 0.971. The zero-order chi connectivity index (χ0) is 27.9. The van der Waals surface area contributed by atoms with Crippen LogP contribution >= 0.6 is 0 Å². The summed E-state index contributed by atoms with van der Waals surface area (Å²) < 4.78 is 6.12. The minimum Gasteiger partial charge on any atom is -0.461 e. The molecule has 0 aliphatic carbocycles. The first-order valence-electron chi connectivity index (χ1n) is 17.6. The predicted octanol–water partition coefficient (Wildman–Crippen LogP) is 11.4. The molecule has 0 fully saturated rings. The summed E-state index contributed by atoms with van der Waals surface area (Å²) in [6, 6.07) is 0. The largest absolute Gasteiger partial charge is 0.461 e. The van der Waals surface area contributed by atoms with Gasteiger partial charge < -0.3 is 4.74 Å². The molecule has 0 bridgehead atoms. The van der Waals surface area contributed by atoms with E-state index in [1.54, 1.807) is 0 Å². The lowest BCUT2D eigenvalue weighted by Gasteiger charge is -2.27. The molecule has 0 aromatic carbocycles.